The Balaban J connectivity index is 2.04. The summed E-state index contributed by atoms with van der Waals surface area (Å²) in [7, 11) is 0. The highest BCUT2D eigenvalue weighted by Gasteiger charge is 2.28. The molecule has 108 valence electrons. The van der Waals surface area contributed by atoms with E-state index in [0.29, 0.717) is 11.5 Å². The molecule has 1 aromatic heterocycles. The lowest BCUT2D eigenvalue weighted by Gasteiger charge is -2.28. The van der Waals surface area contributed by atoms with Gasteiger partial charge in [0.05, 0.1) is 11.7 Å². The van der Waals surface area contributed by atoms with E-state index >= 15 is 0 Å². The van der Waals surface area contributed by atoms with Crippen LogP contribution in [0.3, 0.4) is 0 Å². The van der Waals surface area contributed by atoms with Crippen LogP contribution in [0.2, 0.25) is 0 Å². The Morgan fingerprint density at radius 1 is 1.32 bits per heavy atom. The van der Waals surface area contributed by atoms with Gasteiger partial charge in [-0.25, -0.2) is 0 Å². The van der Waals surface area contributed by atoms with Crippen molar-refractivity contribution >= 4 is 31.9 Å². The van der Waals surface area contributed by atoms with E-state index in [1.54, 1.807) is 0 Å². The molecule has 0 unspecified atom stereocenters. The third-order valence-electron chi connectivity index (χ3n) is 4.27. The Hall–Kier alpha value is 0.170. The van der Waals surface area contributed by atoms with E-state index < -0.39 is 0 Å². The molecule has 0 spiro atoms. The van der Waals surface area contributed by atoms with Gasteiger partial charge in [0, 0.05) is 16.9 Å². The second-order valence-electron chi connectivity index (χ2n) is 5.92. The van der Waals surface area contributed by atoms with Crippen molar-refractivity contribution in [3.05, 3.63) is 18.0 Å². The van der Waals surface area contributed by atoms with Crippen molar-refractivity contribution in [2.45, 2.75) is 57.9 Å². The number of aromatic nitrogens is 2. The Labute approximate surface area is 133 Å². The number of hydrogen-bond donors (Lipinski definition) is 0. The van der Waals surface area contributed by atoms with Gasteiger partial charge in [0.2, 0.25) is 0 Å². The first-order valence-electron chi connectivity index (χ1n) is 7.39. The number of alkyl halides is 2. The molecule has 0 saturated heterocycles. The van der Waals surface area contributed by atoms with Gasteiger partial charge < -0.3 is 0 Å². The highest BCUT2D eigenvalue weighted by molar-refractivity contribution is 9.09. The fourth-order valence-corrected chi connectivity index (χ4v) is 5.00. The molecule has 1 fully saturated rings. The average Bonchev–Trinajstić information content (AvgIpc) is 3.08. The Morgan fingerprint density at radius 2 is 2.00 bits per heavy atom. The molecule has 0 aromatic carbocycles. The van der Waals surface area contributed by atoms with Gasteiger partial charge in [-0.2, -0.15) is 5.10 Å². The summed E-state index contributed by atoms with van der Waals surface area (Å²) in [6, 6.07) is 2.87. The van der Waals surface area contributed by atoms with Gasteiger partial charge in [-0.15, -0.1) is 0 Å². The topological polar surface area (TPSA) is 17.8 Å². The number of halogens is 2. The summed E-state index contributed by atoms with van der Waals surface area (Å²) in [5, 5.41) is 6.90. The molecule has 0 N–H and O–H groups in total. The van der Waals surface area contributed by atoms with E-state index in [1.165, 1.54) is 44.2 Å². The van der Waals surface area contributed by atoms with E-state index in [0.717, 1.165) is 17.1 Å². The molecule has 2 rings (SSSR count). The molecular weight excluding hydrogens is 368 g/mol. The molecule has 4 heteroatoms. The van der Waals surface area contributed by atoms with Gasteiger partial charge in [0.25, 0.3) is 0 Å². The van der Waals surface area contributed by atoms with Crippen LogP contribution in [0, 0.1) is 5.41 Å². The molecule has 19 heavy (non-hydrogen) atoms. The number of nitrogens with zero attached hydrogens (tertiary/aromatic N) is 2. The van der Waals surface area contributed by atoms with Crippen LogP contribution in [0.4, 0.5) is 0 Å². The molecule has 1 aliphatic carbocycles. The third-order valence-corrected chi connectivity index (χ3v) is 6.64. The van der Waals surface area contributed by atoms with Crippen LogP contribution in [0.25, 0.3) is 0 Å². The van der Waals surface area contributed by atoms with Gasteiger partial charge in [-0.3, -0.25) is 4.68 Å². The van der Waals surface area contributed by atoms with Crippen LogP contribution in [-0.2, 0) is 6.42 Å². The quantitative estimate of drug-likeness (QED) is 0.590. The Bertz CT molecular complexity index is 379. The van der Waals surface area contributed by atoms with Crippen LogP contribution in [0.15, 0.2) is 12.3 Å². The van der Waals surface area contributed by atoms with Crippen LogP contribution >= 0.6 is 31.9 Å². The molecule has 1 heterocycles. The van der Waals surface area contributed by atoms with E-state index in [1.807, 2.05) is 0 Å². The predicted molar refractivity (Wildman–Crippen MR) is 88.4 cm³/mol. The highest BCUT2D eigenvalue weighted by atomic mass is 79.9. The maximum absolute atomic E-state index is 4.83. The maximum atomic E-state index is 4.83. The van der Waals surface area contributed by atoms with E-state index in [9.17, 15) is 0 Å². The van der Waals surface area contributed by atoms with Crippen molar-refractivity contribution in [3.8, 4) is 0 Å². The van der Waals surface area contributed by atoms with Crippen LogP contribution in [-0.4, -0.2) is 20.4 Å². The lowest BCUT2D eigenvalue weighted by atomic mass is 9.83. The summed E-state index contributed by atoms with van der Waals surface area (Å²) in [6.45, 7) is 2.26. The molecule has 1 aromatic rings. The SMILES string of the molecule is CCCC(CBr)(CBr)Cc1ccn(C2CCCC2)n1. The van der Waals surface area contributed by atoms with E-state index in [-0.39, 0.29) is 0 Å². The molecule has 1 saturated carbocycles. The van der Waals surface area contributed by atoms with Gasteiger partial charge in [0.1, 0.15) is 0 Å². The van der Waals surface area contributed by atoms with Crippen molar-refractivity contribution in [1.82, 2.24) is 9.78 Å². The summed E-state index contributed by atoms with van der Waals surface area (Å²) < 4.78 is 2.21. The zero-order valence-electron chi connectivity index (χ0n) is 11.7. The van der Waals surface area contributed by atoms with Gasteiger partial charge in [-0.05, 0) is 37.2 Å². The predicted octanol–water partition coefficient (Wildman–Crippen LogP) is 5.12. The van der Waals surface area contributed by atoms with Crippen molar-refractivity contribution in [1.29, 1.82) is 0 Å². The molecule has 2 nitrogen and oxygen atoms in total. The minimum atomic E-state index is 0.309. The monoisotopic (exact) mass is 390 g/mol. The van der Waals surface area contributed by atoms with Crippen LogP contribution in [0.5, 0.6) is 0 Å². The van der Waals surface area contributed by atoms with Crippen LogP contribution in [0.1, 0.15) is 57.2 Å². The second kappa shape index (κ2) is 7.26. The first-order chi connectivity index (χ1) is 9.23. The molecule has 0 bridgehead atoms. The fraction of sp³-hybridized carbons (Fsp3) is 0.800. The first-order valence-corrected chi connectivity index (χ1v) is 9.63. The number of hydrogen-bond acceptors (Lipinski definition) is 1. The largest absolute Gasteiger partial charge is 0.269 e. The smallest absolute Gasteiger partial charge is 0.0630 e. The van der Waals surface area contributed by atoms with Crippen molar-refractivity contribution in [2.24, 2.45) is 5.41 Å². The molecule has 0 aliphatic heterocycles. The summed E-state index contributed by atoms with van der Waals surface area (Å²) in [6.07, 6.45) is 11.0. The average molecular weight is 392 g/mol. The van der Waals surface area contributed by atoms with Gasteiger partial charge >= 0.3 is 0 Å². The Kier molecular flexibility index (Phi) is 5.94. The zero-order valence-corrected chi connectivity index (χ0v) is 14.9. The summed E-state index contributed by atoms with van der Waals surface area (Å²) in [5.41, 5.74) is 1.56. The summed E-state index contributed by atoms with van der Waals surface area (Å²) in [4.78, 5) is 0. The Morgan fingerprint density at radius 3 is 2.58 bits per heavy atom. The van der Waals surface area contributed by atoms with Gasteiger partial charge in [0.15, 0.2) is 0 Å². The zero-order chi connectivity index (χ0) is 13.7. The molecule has 0 radical (unpaired) electrons. The lowest BCUT2D eigenvalue weighted by molar-refractivity contribution is 0.344. The third kappa shape index (κ3) is 3.84. The fourth-order valence-electron chi connectivity index (χ4n) is 3.11. The van der Waals surface area contributed by atoms with Crippen molar-refractivity contribution in [2.75, 3.05) is 10.7 Å². The van der Waals surface area contributed by atoms with Crippen LogP contribution < -0.4 is 0 Å². The minimum Gasteiger partial charge on any atom is -0.269 e. The van der Waals surface area contributed by atoms with E-state index in [2.05, 4.69) is 55.7 Å². The first kappa shape index (κ1) is 15.6. The minimum absolute atomic E-state index is 0.309. The van der Waals surface area contributed by atoms with Crippen molar-refractivity contribution in [3.63, 3.8) is 0 Å². The normalized spacial score (nSPS) is 17.2. The molecule has 1 aliphatic rings. The van der Waals surface area contributed by atoms with Gasteiger partial charge in [-0.1, -0.05) is 58.0 Å². The second-order valence-corrected chi connectivity index (χ2v) is 7.04. The standard InChI is InChI=1S/C15H24Br2N2/c1-2-8-15(11-16,12-17)10-13-7-9-19(18-13)14-5-3-4-6-14/h7,9,14H,2-6,8,10-12H2,1H3. The summed E-state index contributed by atoms with van der Waals surface area (Å²) >= 11 is 7.40. The summed E-state index contributed by atoms with van der Waals surface area (Å²) in [5.74, 6) is 0. The molecular formula is C15H24Br2N2. The molecule has 0 atom stereocenters. The molecule has 0 amide bonds. The lowest BCUT2D eigenvalue weighted by Crippen LogP contribution is -2.27. The maximum Gasteiger partial charge on any atom is 0.0630 e. The highest BCUT2D eigenvalue weighted by Crippen LogP contribution is 2.34. The van der Waals surface area contributed by atoms with Crippen molar-refractivity contribution < 1.29 is 0 Å². The number of rotatable bonds is 7. The van der Waals surface area contributed by atoms with E-state index in [4.69, 9.17) is 5.10 Å².